The number of nitrogens with two attached hydrogens (primary N) is 1. The summed E-state index contributed by atoms with van der Waals surface area (Å²) < 4.78 is 2.16. The van der Waals surface area contributed by atoms with Crippen LogP contribution in [0.5, 0.6) is 0 Å². The molecule has 1 saturated heterocycles. The number of piperidine rings is 1. The molecule has 3 heterocycles. The van der Waals surface area contributed by atoms with Crippen LogP contribution in [0.4, 0.5) is 5.82 Å². The minimum absolute atomic E-state index is 0.319. The fourth-order valence-electron chi connectivity index (χ4n) is 2.67. The monoisotopic (exact) mass is 244 g/mol. The third-order valence-corrected chi connectivity index (χ3v) is 4.19. The molecule has 0 radical (unpaired) electrons. The summed E-state index contributed by atoms with van der Waals surface area (Å²) in [5.74, 6) is 1.24. The van der Waals surface area contributed by atoms with Crippen molar-refractivity contribution in [2.45, 2.75) is 19.8 Å². The van der Waals surface area contributed by atoms with Gasteiger partial charge in [-0.3, -0.25) is 4.40 Å². The molecule has 4 heteroatoms. The average molecular weight is 244 g/mol. The number of hydrogen-bond acceptors (Lipinski definition) is 3. The van der Waals surface area contributed by atoms with E-state index >= 15 is 0 Å². The minimum atomic E-state index is 0.319. The lowest BCUT2D eigenvalue weighted by atomic mass is 9.80. The largest absolute Gasteiger partial charge is 0.358 e. The van der Waals surface area contributed by atoms with Gasteiger partial charge in [0.25, 0.3) is 0 Å². The number of hydrogen-bond donors (Lipinski definition) is 1. The van der Waals surface area contributed by atoms with Crippen LogP contribution < -0.4 is 10.6 Å². The first kappa shape index (κ1) is 11.5. The maximum atomic E-state index is 5.86. The van der Waals surface area contributed by atoms with Gasteiger partial charge in [-0.2, -0.15) is 0 Å². The van der Waals surface area contributed by atoms with E-state index in [9.17, 15) is 0 Å². The van der Waals surface area contributed by atoms with Crippen molar-refractivity contribution in [2.75, 3.05) is 24.5 Å². The molecule has 0 aliphatic carbocycles. The minimum Gasteiger partial charge on any atom is -0.358 e. The number of anilines is 1. The molecule has 0 aromatic carbocycles. The normalized spacial score (nSPS) is 19.3. The molecule has 1 aliphatic heterocycles. The van der Waals surface area contributed by atoms with E-state index in [1.54, 1.807) is 0 Å². The SMILES string of the molecule is CC1(CN)CCN(c2cccc3nccn23)CC1. The van der Waals surface area contributed by atoms with Crippen molar-refractivity contribution in [3.05, 3.63) is 30.6 Å². The lowest BCUT2D eigenvalue weighted by molar-refractivity contribution is 0.257. The van der Waals surface area contributed by atoms with Crippen LogP contribution in [0.25, 0.3) is 5.65 Å². The maximum Gasteiger partial charge on any atom is 0.138 e. The van der Waals surface area contributed by atoms with E-state index in [0.717, 1.165) is 38.1 Å². The molecule has 3 rings (SSSR count). The Morgan fingerprint density at radius 1 is 1.33 bits per heavy atom. The zero-order valence-corrected chi connectivity index (χ0v) is 10.8. The Kier molecular flexibility index (Phi) is 2.74. The van der Waals surface area contributed by atoms with Gasteiger partial charge in [0.05, 0.1) is 0 Å². The van der Waals surface area contributed by atoms with Crippen LogP contribution in [0, 0.1) is 5.41 Å². The molecule has 0 atom stereocenters. The van der Waals surface area contributed by atoms with Crippen LogP contribution in [-0.2, 0) is 0 Å². The van der Waals surface area contributed by atoms with Gasteiger partial charge in [-0.25, -0.2) is 4.98 Å². The Hall–Kier alpha value is -1.55. The van der Waals surface area contributed by atoms with E-state index in [4.69, 9.17) is 5.73 Å². The molecule has 2 aromatic rings. The molecule has 96 valence electrons. The number of fused-ring (bicyclic) bond motifs is 1. The molecule has 1 aliphatic rings. The summed E-state index contributed by atoms with van der Waals surface area (Å²) in [5, 5.41) is 0. The smallest absolute Gasteiger partial charge is 0.138 e. The molecule has 0 bridgehead atoms. The van der Waals surface area contributed by atoms with Crippen LogP contribution in [-0.4, -0.2) is 29.0 Å². The third-order valence-electron chi connectivity index (χ3n) is 4.19. The second kappa shape index (κ2) is 4.28. The van der Waals surface area contributed by atoms with E-state index in [-0.39, 0.29) is 0 Å². The zero-order chi connectivity index (χ0) is 12.6. The second-order valence-corrected chi connectivity index (χ2v) is 5.54. The van der Waals surface area contributed by atoms with Gasteiger partial charge in [0, 0.05) is 25.5 Å². The Bertz CT molecular complexity index is 537. The molecule has 18 heavy (non-hydrogen) atoms. The number of nitrogens with zero attached hydrogens (tertiary/aromatic N) is 3. The third kappa shape index (κ3) is 1.86. The van der Waals surface area contributed by atoms with Crippen molar-refractivity contribution in [1.82, 2.24) is 9.38 Å². The number of rotatable bonds is 2. The van der Waals surface area contributed by atoms with Crippen molar-refractivity contribution in [3.63, 3.8) is 0 Å². The Morgan fingerprint density at radius 2 is 2.11 bits per heavy atom. The van der Waals surface area contributed by atoms with Crippen molar-refractivity contribution >= 4 is 11.5 Å². The van der Waals surface area contributed by atoms with Gasteiger partial charge >= 0.3 is 0 Å². The lowest BCUT2D eigenvalue weighted by Crippen LogP contribution is -2.42. The molecular weight excluding hydrogens is 224 g/mol. The number of pyridine rings is 1. The molecule has 4 nitrogen and oxygen atoms in total. The number of aromatic nitrogens is 2. The highest BCUT2D eigenvalue weighted by atomic mass is 15.2. The first-order valence-corrected chi connectivity index (χ1v) is 6.59. The summed E-state index contributed by atoms with van der Waals surface area (Å²) >= 11 is 0. The van der Waals surface area contributed by atoms with E-state index in [2.05, 4.69) is 33.3 Å². The highest BCUT2D eigenvalue weighted by Gasteiger charge is 2.29. The summed E-state index contributed by atoms with van der Waals surface area (Å²) in [7, 11) is 0. The van der Waals surface area contributed by atoms with Crippen LogP contribution in [0.15, 0.2) is 30.6 Å². The standard InChI is InChI=1S/C14H20N4/c1-14(11-15)5-8-17(9-6-14)13-4-2-3-12-16-7-10-18(12)13/h2-4,7,10H,5-6,8-9,11,15H2,1H3. The van der Waals surface area contributed by atoms with Gasteiger partial charge < -0.3 is 10.6 Å². The van der Waals surface area contributed by atoms with Crippen molar-refractivity contribution in [2.24, 2.45) is 11.1 Å². The Morgan fingerprint density at radius 3 is 2.83 bits per heavy atom. The molecule has 2 N–H and O–H groups in total. The summed E-state index contributed by atoms with van der Waals surface area (Å²) in [6, 6.07) is 6.28. The summed E-state index contributed by atoms with van der Waals surface area (Å²) in [4.78, 5) is 6.77. The molecule has 0 amide bonds. The highest BCUT2D eigenvalue weighted by molar-refractivity contribution is 5.51. The van der Waals surface area contributed by atoms with E-state index in [1.807, 2.05) is 18.5 Å². The molecular formula is C14H20N4. The second-order valence-electron chi connectivity index (χ2n) is 5.54. The van der Waals surface area contributed by atoms with E-state index < -0.39 is 0 Å². The van der Waals surface area contributed by atoms with Gasteiger partial charge in [0.15, 0.2) is 0 Å². The maximum absolute atomic E-state index is 5.86. The van der Waals surface area contributed by atoms with Crippen molar-refractivity contribution in [1.29, 1.82) is 0 Å². The van der Waals surface area contributed by atoms with Crippen LogP contribution in [0.3, 0.4) is 0 Å². The number of imidazole rings is 1. The highest BCUT2D eigenvalue weighted by Crippen LogP contribution is 2.31. The van der Waals surface area contributed by atoms with Gasteiger partial charge in [-0.1, -0.05) is 13.0 Å². The van der Waals surface area contributed by atoms with Crippen molar-refractivity contribution < 1.29 is 0 Å². The van der Waals surface area contributed by atoms with Gasteiger partial charge in [-0.05, 0) is 36.9 Å². The lowest BCUT2D eigenvalue weighted by Gasteiger charge is -2.39. The first-order chi connectivity index (χ1) is 8.72. The molecule has 0 saturated carbocycles. The van der Waals surface area contributed by atoms with Gasteiger partial charge in [0.1, 0.15) is 11.5 Å². The first-order valence-electron chi connectivity index (χ1n) is 6.59. The predicted molar refractivity (Wildman–Crippen MR) is 73.8 cm³/mol. The quantitative estimate of drug-likeness (QED) is 0.877. The zero-order valence-electron chi connectivity index (χ0n) is 10.8. The summed E-state index contributed by atoms with van der Waals surface area (Å²) in [6.07, 6.45) is 6.21. The van der Waals surface area contributed by atoms with Crippen LogP contribution >= 0.6 is 0 Å². The van der Waals surface area contributed by atoms with Gasteiger partial charge in [-0.15, -0.1) is 0 Å². The van der Waals surface area contributed by atoms with Crippen LogP contribution in [0.1, 0.15) is 19.8 Å². The summed E-state index contributed by atoms with van der Waals surface area (Å²) in [6.45, 7) is 5.23. The average Bonchev–Trinajstić information content (AvgIpc) is 2.88. The molecule has 2 aromatic heterocycles. The fourth-order valence-corrected chi connectivity index (χ4v) is 2.67. The predicted octanol–water partition coefficient (Wildman–Crippen LogP) is 1.90. The van der Waals surface area contributed by atoms with E-state index in [0.29, 0.717) is 5.41 Å². The molecule has 1 fully saturated rings. The fraction of sp³-hybridized carbons (Fsp3) is 0.500. The van der Waals surface area contributed by atoms with Gasteiger partial charge in [0.2, 0.25) is 0 Å². The van der Waals surface area contributed by atoms with E-state index in [1.165, 1.54) is 5.82 Å². The van der Waals surface area contributed by atoms with Crippen LogP contribution in [0.2, 0.25) is 0 Å². The molecule has 0 spiro atoms. The summed E-state index contributed by atoms with van der Waals surface area (Å²) in [5.41, 5.74) is 7.19. The Balaban J connectivity index is 1.86. The topological polar surface area (TPSA) is 46.6 Å². The van der Waals surface area contributed by atoms with Crippen molar-refractivity contribution in [3.8, 4) is 0 Å². The Labute approximate surface area is 107 Å². The molecule has 0 unspecified atom stereocenters.